The van der Waals surface area contributed by atoms with Crippen LogP contribution >= 0.6 is 15.9 Å². The van der Waals surface area contributed by atoms with Crippen LogP contribution in [0.1, 0.15) is 25.7 Å². The monoisotopic (exact) mass is 570 g/mol. The lowest BCUT2D eigenvalue weighted by molar-refractivity contribution is -0.149. The molecule has 0 saturated carbocycles. The molecule has 3 saturated heterocycles. The number of benzene rings is 2. The fourth-order valence-corrected chi connectivity index (χ4v) is 7.39. The molecule has 196 valence electrons. The molecule has 3 heterocycles. The van der Waals surface area contributed by atoms with Gasteiger partial charge in [-0.1, -0.05) is 52.3 Å². The van der Waals surface area contributed by atoms with Crippen LogP contribution in [0.2, 0.25) is 0 Å². The number of carboxylic acids is 1. The van der Waals surface area contributed by atoms with Crippen molar-refractivity contribution in [1.29, 1.82) is 0 Å². The number of hydrogen-bond donors (Lipinski definition) is 2. The average molecular weight is 571 g/mol. The summed E-state index contributed by atoms with van der Waals surface area (Å²) >= 11 is 3.58. The summed E-state index contributed by atoms with van der Waals surface area (Å²) in [5.74, 6) is -3.66. The number of amides is 2. The van der Waals surface area contributed by atoms with Gasteiger partial charge in [-0.25, -0.2) is 0 Å². The van der Waals surface area contributed by atoms with Gasteiger partial charge in [0.25, 0.3) is 5.91 Å². The van der Waals surface area contributed by atoms with E-state index in [1.165, 1.54) is 0 Å². The smallest absolute Gasteiger partial charge is 0.310 e. The molecule has 37 heavy (non-hydrogen) atoms. The van der Waals surface area contributed by atoms with Gasteiger partial charge >= 0.3 is 5.97 Å². The second-order valence-corrected chi connectivity index (χ2v) is 11.3. The third-order valence-corrected chi connectivity index (χ3v) is 8.83. The van der Waals surface area contributed by atoms with Crippen molar-refractivity contribution in [2.24, 2.45) is 11.8 Å². The van der Waals surface area contributed by atoms with Gasteiger partial charge in [0.15, 0.2) is 0 Å². The molecule has 2 bridgehead atoms. The fourth-order valence-electron chi connectivity index (χ4n) is 6.45. The molecular weight excluding hydrogens is 540 g/mol. The van der Waals surface area contributed by atoms with E-state index in [1.54, 1.807) is 15.9 Å². The number of ether oxygens (including phenoxy) is 1. The van der Waals surface area contributed by atoms with Gasteiger partial charge in [-0.2, -0.15) is 0 Å². The van der Waals surface area contributed by atoms with E-state index < -0.39 is 35.6 Å². The van der Waals surface area contributed by atoms with Crippen LogP contribution in [-0.4, -0.2) is 75.2 Å². The van der Waals surface area contributed by atoms with Crippen LogP contribution in [-0.2, 0) is 19.1 Å². The Bertz CT molecular complexity index is 1240. The van der Waals surface area contributed by atoms with Crippen molar-refractivity contribution in [3.63, 3.8) is 0 Å². The molecule has 1 unspecified atom stereocenters. The minimum Gasteiger partial charge on any atom is -0.481 e. The number of carbonyl (C=O) groups excluding carboxylic acids is 2. The third-order valence-electron chi connectivity index (χ3n) is 7.99. The molecule has 3 aliphatic heterocycles. The molecular formula is C28H31BrN2O6. The molecule has 0 aliphatic carbocycles. The first kappa shape index (κ1) is 25.9. The van der Waals surface area contributed by atoms with Crippen LogP contribution in [0.3, 0.4) is 0 Å². The highest BCUT2D eigenvalue weighted by atomic mass is 79.9. The zero-order chi connectivity index (χ0) is 26.3. The van der Waals surface area contributed by atoms with E-state index >= 15 is 0 Å². The highest BCUT2D eigenvalue weighted by Crippen LogP contribution is 2.60. The Morgan fingerprint density at radius 3 is 2.65 bits per heavy atom. The lowest BCUT2D eigenvalue weighted by Gasteiger charge is -2.37. The number of unbranched alkanes of at least 4 members (excludes halogenated alkanes) is 2. The van der Waals surface area contributed by atoms with E-state index in [0.29, 0.717) is 37.9 Å². The Kier molecular flexibility index (Phi) is 7.13. The average Bonchev–Trinajstić information content (AvgIpc) is 3.48. The van der Waals surface area contributed by atoms with Crippen LogP contribution in [0.25, 0.3) is 10.8 Å². The summed E-state index contributed by atoms with van der Waals surface area (Å²) < 4.78 is 6.36. The standard InChI is InChI=1S/C28H31BrN2O6/c1-2-12-30(19-11-10-17-8-4-5-9-18(17)15-19)26(34)24-28-16-20(29)23(37-28)21(27(35)36)22(28)25(33)31(24)13-6-3-7-14-32/h2,4-5,8-11,15,20-24,32H,1,3,6-7,12-14,16H2,(H,35,36)/t20?,21-,22+,23-,24-,28+/m0/s1. The molecule has 5 rings (SSSR count). The van der Waals surface area contributed by atoms with E-state index in [1.807, 2.05) is 42.5 Å². The highest BCUT2D eigenvalue weighted by Gasteiger charge is 2.76. The molecule has 2 aromatic carbocycles. The van der Waals surface area contributed by atoms with Crippen molar-refractivity contribution in [2.75, 3.05) is 24.6 Å². The first-order chi connectivity index (χ1) is 17.8. The predicted molar refractivity (Wildman–Crippen MR) is 142 cm³/mol. The third kappa shape index (κ3) is 4.17. The second kappa shape index (κ2) is 10.2. The zero-order valence-electron chi connectivity index (χ0n) is 20.5. The number of carboxylic acid groups (broad SMARTS) is 1. The minimum atomic E-state index is -1.22. The van der Waals surface area contributed by atoms with E-state index in [4.69, 9.17) is 4.74 Å². The first-order valence-corrected chi connectivity index (χ1v) is 13.6. The Morgan fingerprint density at radius 2 is 1.95 bits per heavy atom. The van der Waals surface area contributed by atoms with Crippen LogP contribution in [0, 0.1) is 11.8 Å². The molecule has 0 radical (unpaired) electrons. The lowest BCUT2D eigenvalue weighted by Crippen LogP contribution is -2.57. The van der Waals surface area contributed by atoms with Gasteiger partial charge in [0.1, 0.15) is 11.6 Å². The van der Waals surface area contributed by atoms with Gasteiger partial charge in [-0.3, -0.25) is 14.4 Å². The number of aliphatic hydroxyl groups excluding tert-OH is 1. The molecule has 1 spiro atoms. The number of halogens is 1. The van der Waals surface area contributed by atoms with Gasteiger partial charge in [-0.15, -0.1) is 6.58 Å². The maximum Gasteiger partial charge on any atom is 0.310 e. The number of anilines is 1. The summed E-state index contributed by atoms with van der Waals surface area (Å²) in [6.45, 7) is 4.42. The molecule has 2 amide bonds. The van der Waals surface area contributed by atoms with Crippen molar-refractivity contribution in [1.82, 2.24) is 4.90 Å². The van der Waals surface area contributed by atoms with E-state index in [0.717, 1.165) is 10.8 Å². The molecule has 9 heteroatoms. The zero-order valence-corrected chi connectivity index (χ0v) is 22.0. The van der Waals surface area contributed by atoms with E-state index in [-0.39, 0.29) is 29.8 Å². The minimum absolute atomic E-state index is 0.0507. The summed E-state index contributed by atoms with van der Waals surface area (Å²) in [5.41, 5.74) is -0.544. The number of rotatable bonds is 10. The number of carbonyl (C=O) groups is 3. The van der Waals surface area contributed by atoms with Crippen LogP contribution < -0.4 is 4.90 Å². The summed E-state index contributed by atoms with van der Waals surface area (Å²) in [6, 6.07) is 12.7. The Morgan fingerprint density at radius 1 is 1.19 bits per heavy atom. The second-order valence-electron chi connectivity index (χ2n) is 10.1. The van der Waals surface area contributed by atoms with Crippen molar-refractivity contribution in [3.05, 3.63) is 55.1 Å². The maximum absolute atomic E-state index is 14.4. The van der Waals surface area contributed by atoms with Crippen LogP contribution in [0.4, 0.5) is 5.69 Å². The Balaban J connectivity index is 1.56. The number of aliphatic carboxylic acids is 1. The molecule has 8 nitrogen and oxygen atoms in total. The van der Waals surface area contributed by atoms with Gasteiger partial charge in [-0.05, 0) is 48.6 Å². The van der Waals surface area contributed by atoms with Crippen molar-refractivity contribution in [3.8, 4) is 0 Å². The van der Waals surface area contributed by atoms with Crippen LogP contribution in [0.15, 0.2) is 55.1 Å². The molecule has 2 N–H and O–H groups in total. The van der Waals surface area contributed by atoms with Crippen molar-refractivity contribution >= 4 is 50.2 Å². The van der Waals surface area contributed by atoms with Gasteiger partial charge in [0.05, 0.1) is 17.9 Å². The highest BCUT2D eigenvalue weighted by molar-refractivity contribution is 9.09. The maximum atomic E-state index is 14.4. The molecule has 6 atom stereocenters. The SMILES string of the molecule is C=CCN(C(=O)[C@@H]1N(CCCCCO)C(=O)[C@H]2[C@H](C(=O)O)[C@H]3O[C@@]12CC3Br)c1ccc2ccccc2c1. The van der Waals surface area contributed by atoms with E-state index in [2.05, 4.69) is 22.5 Å². The summed E-state index contributed by atoms with van der Waals surface area (Å²) in [4.78, 5) is 43.4. The number of likely N-dealkylation sites (tertiary alicyclic amines) is 1. The van der Waals surface area contributed by atoms with Gasteiger partial charge in [0, 0.05) is 30.2 Å². The number of fused-ring (bicyclic) bond motifs is 2. The van der Waals surface area contributed by atoms with E-state index in [9.17, 15) is 24.6 Å². The Labute approximate surface area is 224 Å². The topological polar surface area (TPSA) is 107 Å². The van der Waals surface area contributed by atoms with Crippen molar-refractivity contribution in [2.45, 2.75) is 48.3 Å². The molecule has 3 fully saturated rings. The Hall–Kier alpha value is -2.75. The number of hydrogen-bond acceptors (Lipinski definition) is 5. The quantitative estimate of drug-likeness (QED) is 0.258. The summed E-state index contributed by atoms with van der Waals surface area (Å²) in [5, 5.41) is 21.2. The van der Waals surface area contributed by atoms with Crippen LogP contribution in [0.5, 0.6) is 0 Å². The first-order valence-electron chi connectivity index (χ1n) is 12.7. The molecule has 0 aromatic heterocycles. The normalized spacial score (nSPS) is 30.1. The largest absolute Gasteiger partial charge is 0.481 e. The van der Waals surface area contributed by atoms with Gasteiger partial charge < -0.3 is 24.7 Å². The summed E-state index contributed by atoms with van der Waals surface area (Å²) in [6.07, 6.45) is 3.22. The lowest BCUT2D eigenvalue weighted by atomic mass is 9.70. The van der Waals surface area contributed by atoms with Crippen molar-refractivity contribution < 1.29 is 29.3 Å². The van der Waals surface area contributed by atoms with Gasteiger partial charge in [0.2, 0.25) is 5.91 Å². The fraction of sp³-hybridized carbons (Fsp3) is 0.464. The number of aliphatic hydroxyl groups is 1. The predicted octanol–water partition coefficient (Wildman–Crippen LogP) is 3.35. The molecule has 3 aliphatic rings. The molecule has 2 aromatic rings. The summed E-state index contributed by atoms with van der Waals surface area (Å²) in [7, 11) is 0. The number of alkyl halides is 1. The number of nitrogens with zero attached hydrogens (tertiary/aromatic N) is 2.